The molecule has 0 aliphatic carbocycles. The molecule has 0 fully saturated rings. The molecule has 0 saturated carbocycles. The van der Waals surface area contributed by atoms with E-state index in [4.69, 9.17) is 14.2 Å². The van der Waals surface area contributed by atoms with E-state index in [1.807, 2.05) is 36.4 Å². The highest BCUT2D eigenvalue weighted by Crippen LogP contribution is 2.40. The monoisotopic (exact) mass is 488 g/mol. The lowest BCUT2D eigenvalue weighted by Gasteiger charge is -2.32. The average Bonchev–Trinajstić information content (AvgIpc) is 2.84. The van der Waals surface area contributed by atoms with Crippen molar-refractivity contribution in [3.8, 4) is 17.6 Å². The van der Waals surface area contributed by atoms with Gasteiger partial charge in [0.05, 0.1) is 38.4 Å². The SMILES string of the molecule is COC(=O)c1cccc(CCN(C)CCC[C@@](C#N)(c2ccc(OC)c(OC)c2)C(C)C)c1.Cl. The Hall–Kier alpha value is -2.75. The van der Waals surface area contributed by atoms with Crippen LogP contribution in [0.5, 0.6) is 11.5 Å². The number of nitriles is 1. The van der Waals surface area contributed by atoms with Crippen LogP contribution in [0.3, 0.4) is 0 Å². The van der Waals surface area contributed by atoms with Crippen LogP contribution in [0.15, 0.2) is 42.5 Å². The quantitative estimate of drug-likeness (QED) is 0.378. The van der Waals surface area contributed by atoms with Gasteiger partial charge in [-0.1, -0.05) is 32.0 Å². The van der Waals surface area contributed by atoms with Crippen molar-refractivity contribution in [2.75, 3.05) is 41.5 Å². The number of likely N-dealkylation sites (N-methyl/N-ethyl adjacent to an activating group) is 1. The lowest BCUT2D eigenvalue weighted by atomic mass is 9.69. The molecule has 2 aromatic carbocycles. The number of carbonyl (C=O) groups excluding carboxylic acids is 1. The van der Waals surface area contributed by atoms with Gasteiger partial charge < -0.3 is 19.1 Å². The first-order valence-electron chi connectivity index (χ1n) is 11.3. The maximum absolute atomic E-state index is 11.7. The van der Waals surface area contributed by atoms with E-state index in [9.17, 15) is 10.1 Å². The smallest absolute Gasteiger partial charge is 0.337 e. The Balaban J connectivity index is 0.00000578. The number of hydrogen-bond acceptors (Lipinski definition) is 6. The normalized spacial score (nSPS) is 12.4. The Morgan fingerprint density at radius 2 is 1.76 bits per heavy atom. The summed E-state index contributed by atoms with van der Waals surface area (Å²) < 4.78 is 15.6. The number of hydrogen-bond donors (Lipinski definition) is 0. The zero-order valence-corrected chi connectivity index (χ0v) is 21.9. The number of ether oxygens (including phenoxy) is 3. The summed E-state index contributed by atoms with van der Waals surface area (Å²) in [5, 5.41) is 10.2. The highest BCUT2D eigenvalue weighted by atomic mass is 35.5. The first kappa shape index (κ1) is 29.3. The van der Waals surface area contributed by atoms with Gasteiger partial charge in [-0.15, -0.1) is 12.4 Å². The molecule has 34 heavy (non-hydrogen) atoms. The fraction of sp³-hybridized carbons (Fsp3) is 0.481. The third kappa shape index (κ3) is 7.12. The summed E-state index contributed by atoms with van der Waals surface area (Å²) in [5.74, 6) is 1.13. The first-order valence-corrected chi connectivity index (χ1v) is 11.3. The number of nitrogens with zero attached hydrogens (tertiary/aromatic N) is 2. The van der Waals surface area contributed by atoms with Gasteiger partial charge in [-0.2, -0.15) is 5.26 Å². The van der Waals surface area contributed by atoms with Crippen molar-refractivity contribution in [2.24, 2.45) is 5.92 Å². The summed E-state index contributed by atoms with van der Waals surface area (Å²) >= 11 is 0. The molecule has 2 aromatic rings. The van der Waals surface area contributed by atoms with Gasteiger partial charge in [0, 0.05) is 6.54 Å². The zero-order valence-electron chi connectivity index (χ0n) is 21.1. The number of halogens is 1. The molecule has 1 atom stereocenters. The molecule has 0 saturated heterocycles. The van der Waals surface area contributed by atoms with E-state index in [-0.39, 0.29) is 24.3 Å². The lowest BCUT2D eigenvalue weighted by molar-refractivity contribution is 0.0600. The van der Waals surface area contributed by atoms with Crippen LogP contribution in [0, 0.1) is 17.2 Å². The lowest BCUT2D eigenvalue weighted by Crippen LogP contribution is -2.32. The third-order valence-electron chi connectivity index (χ3n) is 6.33. The van der Waals surface area contributed by atoms with Gasteiger partial charge in [0.2, 0.25) is 0 Å². The highest BCUT2D eigenvalue weighted by molar-refractivity contribution is 5.89. The standard InChI is InChI=1S/C27H36N2O4.ClH/c1-20(2)27(19-28,23-11-12-24(31-4)25(18-23)32-5)14-8-15-29(3)16-13-21-9-7-10-22(17-21)26(30)33-6;/h7,9-12,17-18,20H,8,13-16H2,1-6H3;1H/t27-;/m0./s1. The second kappa shape index (κ2) is 13.8. The minimum Gasteiger partial charge on any atom is -0.493 e. The maximum Gasteiger partial charge on any atom is 0.337 e. The van der Waals surface area contributed by atoms with Gasteiger partial charge in [0.1, 0.15) is 0 Å². The van der Waals surface area contributed by atoms with Crippen molar-refractivity contribution in [2.45, 2.75) is 38.5 Å². The molecular formula is C27H37ClN2O4. The molecule has 7 heteroatoms. The van der Waals surface area contributed by atoms with Crippen LogP contribution in [0.25, 0.3) is 0 Å². The molecule has 0 heterocycles. The Morgan fingerprint density at radius 3 is 2.35 bits per heavy atom. The zero-order chi connectivity index (χ0) is 24.4. The number of rotatable bonds is 12. The predicted octanol–water partition coefficient (Wildman–Crippen LogP) is 5.28. The highest BCUT2D eigenvalue weighted by Gasteiger charge is 2.36. The Labute approximate surface area is 210 Å². The van der Waals surface area contributed by atoms with E-state index < -0.39 is 5.41 Å². The van der Waals surface area contributed by atoms with E-state index >= 15 is 0 Å². The van der Waals surface area contributed by atoms with Crippen LogP contribution in [0.1, 0.15) is 48.2 Å². The summed E-state index contributed by atoms with van der Waals surface area (Å²) in [7, 11) is 6.70. The van der Waals surface area contributed by atoms with Gasteiger partial charge in [0.15, 0.2) is 11.5 Å². The van der Waals surface area contributed by atoms with Crippen molar-refractivity contribution < 1.29 is 19.0 Å². The van der Waals surface area contributed by atoms with Crippen LogP contribution in [0.4, 0.5) is 0 Å². The second-order valence-electron chi connectivity index (χ2n) is 8.66. The largest absolute Gasteiger partial charge is 0.493 e. The van der Waals surface area contributed by atoms with Crippen molar-refractivity contribution in [1.82, 2.24) is 4.90 Å². The Kier molecular flexibility index (Phi) is 11.9. The summed E-state index contributed by atoms with van der Waals surface area (Å²) in [6.45, 7) is 5.93. The molecule has 6 nitrogen and oxygen atoms in total. The molecule has 0 aromatic heterocycles. The Bertz CT molecular complexity index is 973. The first-order chi connectivity index (χ1) is 15.8. The number of methoxy groups -OCH3 is 3. The molecule has 0 aliphatic rings. The minimum atomic E-state index is -0.602. The fourth-order valence-corrected chi connectivity index (χ4v) is 4.16. The molecular weight excluding hydrogens is 452 g/mol. The van der Waals surface area contributed by atoms with Gasteiger partial charge in [0.25, 0.3) is 0 Å². The summed E-state index contributed by atoms with van der Waals surface area (Å²) in [6.07, 6.45) is 2.47. The number of benzene rings is 2. The van der Waals surface area contributed by atoms with Crippen molar-refractivity contribution >= 4 is 18.4 Å². The topological polar surface area (TPSA) is 71.8 Å². The predicted molar refractivity (Wildman–Crippen MR) is 137 cm³/mol. The molecule has 0 unspecified atom stereocenters. The molecule has 0 amide bonds. The van der Waals surface area contributed by atoms with E-state index in [2.05, 4.69) is 31.9 Å². The van der Waals surface area contributed by atoms with Crippen LogP contribution in [0.2, 0.25) is 0 Å². The van der Waals surface area contributed by atoms with Gasteiger partial charge in [-0.25, -0.2) is 4.79 Å². The average molecular weight is 489 g/mol. The molecule has 0 spiro atoms. The van der Waals surface area contributed by atoms with E-state index in [1.165, 1.54) is 7.11 Å². The van der Waals surface area contributed by atoms with Crippen LogP contribution >= 0.6 is 12.4 Å². The van der Waals surface area contributed by atoms with E-state index in [0.717, 1.165) is 43.5 Å². The second-order valence-corrected chi connectivity index (χ2v) is 8.66. The number of carbonyl (C=O) groups is 1. The minimum absolute atomic E-state index is 0. The third-order valence-corrected chi connectivity index (χ3v) is 6.33. The van der Waals surface area contributed by atoms with Crippen molar-refractivity contribution in [1.29, 1.82) is 5.26 Å². The molecule has 0 N–H and O–H groups in total. The molecule has 2 rings (SSSR count). The van der Waals surface area contributed by atoms with Crippen LogP contribution < -0.4 is 9.47 Å². The van der Waals surface area contributed by atoms with Crippen molar-refractivity contribution in [3.63, 3.8) is 0 Å². The van der Waals surface area contributed by atoms with Crippen LogP contribution in [-0.4, -0.2) is 52.3 Å². The summed E-state index contributed by atoms with van der Waals surface area (Å²) in [5.41, 5.74) is 2.03. The molecule has 0 radical (unpaired) electrons. The molecule has 0 bridgehead atoms. The molecule has 186 valence electrons. The summed E-state index contributed by atoms with van der Waals surface area (Å²) in [4.78, 5) is 14.0. The van der Waals surface area contributed by atoms with Gasteiger partial charge in [-0.05, 0) is 74.2 Å². The fourth-order valence-electron chi connectivity index (χ4n) is 4.16. The number of esters is 1. The summed E-state index contributed by atoms with van der Waals surface area (Å²) in [6, 6.07) is 16.0. The molecule has 0 aliphatic heterocycles. The van der Waals surface area contributed by atoms with Crippen molar-refractivity contribution in [3.05, 3.63) is 59.2 Å². The van der Waals surface area contributed by atoms with Crippen LogP contribution in [-0.2, 0) is 16.6 Å². The maximum atomic E-state index is 11.7. The van der Waals surface area contributed by atoms with E-state index in [0.29, 0.717) is 17.1 Å². The Morgan fingerprint density at radius 1 is 1.06 bits per heavy atom. The van der Waals surface area contributed by atoms with E-state index in [1.54, 1.807) is 20.3 Å². The van der Waals surface area contributed by atoms with Gasteiger partial charge in [-0.3, -0.25) is 0 Å². The van der Waals surface area contributed by atoms with Gasteiger partial charge >= 0.3 is 5.97 Å².